The van der Waals surface area contributed by atoms with Gasteiger partial charge in [0.2, 0.25) is 0 Å². The number of alkyl halides is 3. The van der Waals surface area contributed by atoms with E-state index >= 15 is 0 Å². The summed E-state index contributed by atoms with van der Waals surface area (Å²) >= 11 is 0. The highest BCUT2D eigenvalue weighted by Gasteiger charge is 2.32. The third kappa shape index (κ3) is 5.87. The van der Waals surface area contributed by atoms with Crippen LogP contribution in [0.1, 0.15) is 42.0 Å². The molecule has 0 unspecified atom stereocenters. The van der Waals surface area contributed by atoms with E-state index in [2.05, 4.69) is 4.98 Å². The first-order valence-electron chi connectivity index (χ1n) is 10.7. The van der Waals surface area contributed by atoms with Gasteiger partial charge in [0, 0.05) is 24.5 Å². The third-order valence-corrected chi connectivity index (χ3v) is 5.50. The van der Waals surface area contributed by atoms with E-state index in [0.717, 1.165) is 23.3 Å². The van der Waals surface area contributed by atoms with E-state index in [0.29, 0.717) is 22.4 Å². The number of carbonyl (C=O) groups is 1. The van der Waals surface area contributed by atoms with Crippen LogP contribution in [0, 0.1) is 0 Å². The van der Waals surface area contributed by atoms with Crippen LogP contribution in [0.2, 0.25) is 0 Å². The topological polar surface area (TPSA) is 51.7 Å². The molecule has 5 nitrogen and oxygen atoms in total. The van der Waals surface area contributed by atoms with Crippen molar-refractivity contribution in [3.63, 3.8) is 0 Å². The normalized spacial score (nSPS) is 11.4. The highest BCUT2D eigenvalue weighted by atomic mass is 19.4. The summed E-state index contributed by atoms with van der Waals surface area (Å²) in [5, 5.41) is 0. The molecular weight excluding hydrogens is 445 g/mol. The number of amides is 1. The van der Waals surface area contributed by atoms with Gasteiger partial charge in [0.25, 0.3) is 0 Å². The molecule has 2 aromatic carbocycles. The molecule has 0 bridgehead atoms. The molecule has 0 saturated heterocycles. The van der Waals surface area contributed by atoms with Crippen LogP contribution in [0.4, 0.5) is 18.0 Å². The minimum absolute atomic E-state index is 0.101. The van der Waals surface area contributed by atoms with Crippen molar-refractivity contribution in [2.45, 2.75) is 39.0 Å². The predicted octanol–water partition coefficient (Wildman–Crippen LogP) is 6.67. The number of aromatic nitrogens is 1. The summed E-state index contributed by atoms with van der Waals surface area (Å²) in [6.45, 7) is 4.09. The van der Waals surface area contributed by atoms with Crippen molar-refractivity contribution in [1.29, 1.82) is 0 Å². The van der Waals surface area contributed by atoms with Gasteiger partial charge in [-0.25, -0.2) is 4.79 Å². The molecule has 0 spiro atoms. The number of nitrogens with zero attached hydrogens (tertiary/aromatic N) is 2. The van der Waals surface area contributed by atoms with Gasteiger partial charge >= 0.3 is 12.3 Å². The first-order chi connectivity index (χ1) is 16.1. The maximum Gasteiger partial charge on any atom is 0.416 e. The lowest BCUT2D eigenvalue weighted by Crippen LogP contribution is -2.30. The molecule has 0 radical (unpaired) electrons. The van der Waals surface area contributed by atoms with Crippen LogP contribution in [0.25, 0.3) is 11.1 Å². The first kappa shape index (κ1) is 25.1. The second kappa shape index (κ2) is 10.6. The second-order valence-electron chi connectivity index (χ2n) is 8.17. The fourth-order valence-electron chi connectivity index (χ4n) is 3.69. The molecule has 0 N–H and O–H groups in total. The molecule has 0 aliphatic rings. The molecule has 1 heterocycles. The summed E-state index contributed by atoms with van der Waals surface area (Å²) in [6, 6.07) is 12.7. The van der Waals surface area contributed by atoms with Crippen LogP contribution >= 0.6 is 0 Å². The van der Waals surface area contributed by atoms with Gasteiger partial charge < -0.3 is 9.47 Å². The standard InChI is InChI=1S/C26H27F3N2O3/c1-17(2)19-7-10-24(33-3)23(13-19)22-9-8-21(26(27,28)29)12-20(22)16-31(25(32)34-4)15-18-6-5-11-30-14-18/h5-14,17H,15-16H2,1-4H3. The van der Waals surface area contributed by atoms with Crippen molar-refractivity contribution in [3.05, 3.63) is 83.2 Å². The van der Waals surface area contributed by atoms with E-state index in [9.17, 15) is 18.0 Å². The zero-order chi connectivity index (χ0) is 24.9. The molecule has 3 rings (SSSR count). The monoisotopic (exact) mass is 472 g/mol. The van der Waals surface area contributed by atoms with Crippen molar-refractivity contribution in [2.75, 3.05) is 14.2 Å². The van der Waals surface area contributed by atoms with Gasteiger partial charge in [0.1, 0.15) is 5.75 Å². The molecule has 0 atom stereocenters. The summed E-state index contributed by atoms with van der Waals surface area (Å²) in [5.41, 5.74) is 2.47. The van der Waals surface area contributed by atoms with Gasteiger partial charge in [0.15, 0.2) is 0 Å². The fourth-order valence-corrected chi connectivity index (χ4v) is 3.69. The Morgan fingerprint density at radius 2 is 1.79 bits per heavy atom. The largest absolute Gasteiger partial charge is 0.496 e. The van der Waals surface area contributed by atoms with Crippen LogP contribution in [0.15, 0.2) is 60.9 Å². The number of benzene rings is 2. The Hall–Kier alpha value is -3.55. The zero-order valence-corrected chi connectivity index (χ0v) is 19.5. The van der Waals surface area contributed by atoms with Gasteiger partial charge in [-0.1, -0.05) is 32.0 Å². The van der Waals surface area contributed by atoms with E-state index in [4.69, 9.17) is 9.47 Å². The Morgan fingerprint density at radius 3 is 2.38 bits per heavy atom. The molecule has 1 aromatic heterocycles. The van der Waals surface area contributed by atoms with Gasteiger partial charge in [0.05, 0.1) is 26.3 Å². The maximum atomic E-state index is 13.6. The van der Waals surface area contributed by atoms with Crippen LogP contribution < -0.4 is 4.74 Å². The molecule has 3 aromatic rings. The summed E-state index contributed by atoms with van der Waals surface area (Å²) in [5.74, 6) is 0.738. The average molecular weight is 473 g/mol. The number of hydrogen-bond acceptors (Lipinski definition) is 4. The van der Waals surface area contributed by atoms with Crippen LogP contribution in [0.5, 0.6) is 5.75 Å². The van der Waals surface area contributed by atoms with E-state index in [1.807, 2.05) is 26.0 Å². The minimum atomic E-state index is -4.53. The number of carbonyl (C=O) groups excluding carboxylic acids is 1. The maximum absolute atomic E-state index is 13.6. The van der Waals surface area contributed by atoms with Crippen LogP contribution in [-0.4, -0.2) is 30.2 Å². The molecule has 0 saturated carbocycles. The smallest absolute Gasteiger partial charge is 0.416 e. The van der Waals surface area contributed by atoms with E-state index in [-0.39, 0.29) is 19.0 Å². The van der Waals surface area contributed by atoms with Gasteiger partial charge in [-0.15, -0.1) is 0 Å². The van der Waals surface area contributed by atoms with E-state index in [1.54, 1.807) is 30.6 Å². The summed E-state index contributed by atoms with van der Waals surface area (Å²) in [6.07, 6.45) is -1.99. The van der Waals surface area contributed by atoms with Crippen molar-refractivity contribution < 1.29 is 27.4 Å². The lowest BCUT2D eigenvalue weighted by atomic mass is 9.92. The highest BCUT2D eigenvalue weighted by molar-refractivity contribution is 5.75. The lowest BCUT2D eigenvalue weighted by molar-refractivity contribution is -0.137. The van der Waals surface area contributed by atoms with Crippen molar-refractivity contribution >= 4 is 6.09 Å². The molecular formula is C26H27F3N2O3. The zero-order valence-electron chi connectivity index (χ0n) is 19.5. The second-order valence-corrected chi connectivity index (χ2v) is 8.17. The van der Waals surface area contributed by atoms with Crippen LogP contribution in [0.3, 0.4) is 0 Å². The lowest BCUT2D eigenvalue weighted by Gasteiger charge is -2.24. The fraction of sp³-hybridized carbons (Fsp3) is 0.308. The Labute approximate surface area is 197 Å². The number of halogens is 3. The van der Waals surface area contributed by atoms with E-state index in [1.165, 1.54) is 25.2 Å². The quantitative estimate of drug-likeness (QED) is 0.385. The molecule has 8 heteroatoms. The minimum Gasteiger partial charge on any atom is -0.496 e. The van der Waals surface area contributed by atoms with Crippen LogP contribution in [-0.2, 0) is 24.0 Å². The SMILES string of the molecule is COC(=O)N(Cc1cccnc1)Cc1cc(C(F)(F)F)ccc1-c1cc(C(C)C)ccc1OC. The summed E-state index contributed by atoms with van der Waals surface area (Å²) < 4.78 is 51.2. The molecule has 0 fully saturated rings. The average Bonchev–Trinajstić information content (AvgIpc) is 2.82. The Bertz CT molecular complexity index is 1130. The Balaban J connectivity index is 2.14. The van der Waals surface area contributed by atoms with Crippen molar-refractivity contribution in [3.8, 4) is 16.9 Å². The number of methoxy groups -OCH3 is 2. The number of ether oxygens (including phenoxy) is 2. The van der Waals surface area contributed by atoms with Gasteiger partial charge in [-0.05, 0) is 58.5 Å². The number of hydrogen-bond donors (Lipinski definition) is 0. The molecule has 1 amide bonds. The summed E-state index contributed by atoms with van der Waals surface area (Å²) in [4.78, 5) is 17.9. The van der Waals surface area contributed by atoms with Crippen molar-refractivity contribution in [2.24, 2.45) is 0 Å². The highest BCUT2D eigenvalue weighted by Crippen LogP contribution is 2.38. The molecule has 0 aliphatic carbocycles. The molecule has 34 heavy (non-hydrogen) atoms. The molecule has 180 valence electrons. The third-order valence-electron chi connectivity index (χ3n) is 5.50. The Kier molecular flexibility index (Phi) is 7.81. The van der Waals surface area contributed by atoms with E-state index < -0.39 is 17.8 Å². The van der Waals surface area contributed by atoms with Gasteiger partial charge in [-0.2, -0.15) is 13.2 Å². The number of pyridine rings is 1. The van der Waals surface area contributed by atoms with Gasteiger partial charge in [-0.3, -0.25) is 9.88 Å². The Morgan fingerprint density at radius 1 is 1.03 bits per heavy atom. The van der Waals surface area contributed by atoms with Crippen molar-refractivity contribution in [1.82, 2.24) is 9.88 Å². The number of rotatable bonds is 7. The first-order valence-corrected chi connectivity index (χ1v) is 10.7. The summed E-state index contributed by atoms with van der Waals surface area (Å²) in [7, 11) is 2.75. The molecule has 0 aliphatic heterocycles. The predicted molar refractivity (Wildman–Crippen MR) is 123 cm³/mol.